The molecule has 18 heavy (non-hydrogen) atoms. The van der Waals surface area contributed by atoms with Gasteiger partial charge < -0.3 is 5.32 Å². The van der Waals surface area contributed by atoms with E-state index < -0.39 is 0 Å². The van der Waals surface area contributed by atoms with Gasteiger partial charge in [-0.25, -0.2) is 0 Å². The highest BCUT2D eigenvalue weighted by atomic mass is 14.8. The molecule has 0 heterocycles. The van der Waals surface area contributed by atoms with Crippen molar-refractivity contribution < 1.29 is 0 Å². The van der Waals surface area contributed by atoms with Gasteiger partial charge in [-0.1, -0.05) is 43.2 Å². The van der Waals surface area contributed by atoms with E-state index in [0.717, 1.165) is 18.7 Å². The molecule has 1 aromatic rings. The maximum absolute atomic E-state index is 8.38. The summed E-state index contributed by atoms with van der Waals surface area (Å²) in [6, 6.07) is 9.54. The van der Waals surface area contributed by atoms with Crippen LogP contribution in [0.2, 0.25) is 0 Å². The molecule has 98 valence electrons. The third-order valence-corrected chi connectivity index (χ3v) is 2.31. The molecule has 0 aliphatic rings. The Bertz CT molecular complexity index is 371. The highest BCUT2D eigenvalue weighted by Crippen LogP contribution is 1.99. The zero-order valence-corrected chi connectivity index (χ0v) is 11.8. The molecule has 0 atom stereocenters. The number of rotatable bonds is 5. The standard InChI is InChI=1S/C8H7N.C8H17N/c1-7-2-4-8(6-9)5-3-7;1-4-5-6-9-7-8(2)3/h2-5H,1H3;9H,2,4-7H2,1,3H3. The lowest BCUT2D eigenvalue weighted by Crippen LogP contribution is -2.16. The summed E-state index contributed by atoms with van der Waals surface area (Å²) in [5.41, 5.74) is 3.13. The van der Waals surface area contributed by atoms with Crippen LogP contribution >= 0.6 is 0 Å². The first-order chi connectivity index (χ1) is 8.60. The zero-order valence-electron chi connectivity index (χ0n) is 11.8. The fraction of sp³-hybridized carbons (Fsp3) is 0.438. The van der Waals surface area contributed by atoms with Gasteiger partial charge in [-0.15, -0.1) is 0 Å². The number of hydrogen-bond donors (Lipinski definition) is 1. The highest BCUT2D eigenvalue weighted by molar-refractivity contribution is 5.30. The van der Waals surface area contributed by atoms with Crippen LogP contribution in [0.3, 0.4) is 0 Å². The summed E-state index contributed by atoms with van der Waals surface area (Å²) in [6.07, 6.45) is 2.54. The van der Waals surface area contributed by atoms with Crippen LogP contribution in [0.15, 0.2) is 36.4 Å². The van der Waals surface area contributed by atoms with Crippen LogP contribution < -0.4 is 5.32 Å². The fourth-order valence-electron chi connectivity index (χ4n) is 1.23. The maximum Gasteiger partial charge on any atom is 0.0991 e. The molecule has 2 nitrogen and oxygen atoms in total. The van der Waals surface area contributed by atoms with Crippen molar-refractivity contribution in [1.29, 1.82) is 5.26 Å². The Balaban J connectivity index is 0.000000321. The van der Waals surface area contributed by atoms with Crippen molar-refractivity contribution >= 4 is 0 Å². The Labute approximate surface area is 111 Å². The molecule has 0 aromatic heterocycles. The van der Waals surface area contributed by atoms with Crippen molar-refractivity contribution in [2.24, 2.45) is 0 Å². The van der Waals surface area contributed by atoms with E-state index in [1.54, 1.807) is 0 Å². The number of unbranched alkanes of at least 4 members (excludes halogenated alkanes) is 1. The van der Waals surface area contributed by atoms with E-state index in [0.29, 0.717) is 0 Å². The minimum atomic E-state index is 0.723. The molecule has 2 heteroatoms. The Morgan fingerprint density at radius 1 is 1.33 bits per heavy atom. The SMILES string of the molecule is C=C(C)CNCCCC.Cc1ccc(C#N)cc1. The molecule has 0 aliphatic carbocycles. The van der Waals surface area contributed by atoms with E-state index in [4.69, 9.17) is 5.26 Å². The first kappa shape index (κ1) is 16.4. The van der Waals surface area contributed by atoms with E-state index in [1.165, 1.54) is 24.0 Å². The van der Waals surface area contributed by atoms with E-state index in [9.17, 15) is 0 Å². The predicted molar refractivity (Wildman–Crippen MR) is 78.5 cm³/mol. The Kier molecular flexibility index (Phi) is 9.62. The van der Waals surface area contributed by atoms with Gasteiger partial charge in [0.25, 0.3) is 0 Å². The third-order valence-electron chi connectivity index (χ3n) is 2.31. The molecule has 0 spiro atoms. The minimum absolute atomic E-state index is 0.723. The lowest BCUT2D eigenvalue weighted by atomic mass is 10.2. The molecule has 0 aliphatic heterocycles. The number of benzene rings is 1. The van der Waals surface area contributed by atoms with Crippen molar-refractivity contribution in [3.63, 3.8) is 0 Å². The summed E-state index contributed by atoms with van der Waals surface area (Å²) in [7, 11) is 0. The largest absolute Gasteiger partial charge is 0.313 e. The number of nitrogens with one attached hydrogen (secondary N) is 1. The van der Waals surface area contributed by atoms with E-state index in [1.807, 2.05) is 38.1 Å². The van der Waals surface area contributed by atoms with Gasteiger partial charge in [-0.2, -0.15) is 5.26 Å². The van der Waals surface area contributed by atoms with E-state index in [2.05, 4.69) is 24.9 Å². The smallest absolute Gasteiger partial charge is 0.0991 e. The molecule has 0 bridgehead atoms. The van der Waals surface area contributed by atoms with E-state index in [-0.39, 0.29) is 0 Å². The van der Waals surface area contributed by atoms with Crippen molar-refractivity contribution in [2.75, 3.05) is 13.1 Å². The van der Waals surface area contributed by atoms with Crippen LogP contribution in [0.5, 0.6) is 0 Å². The minimum Gasteiger partial charge on any atom is -0.313 e. The Hall–Kier alpha value is -1.59. The summed E-state index contributed by atoms with van der Waals surface area (Å²) in [6.45, 7) is 12.1. The summed E-state index contributed by atoms with van der Waals surface area (Å²) in [5, 5.41) is 11.7. The van der Waals surface area contributed by atoms with Crippen LogP contribution in [0, 0.1) is 18.3 Å². The van der Waals surface area contributed by atoms with Crippen LogP contribution in [-0.4, -0.2) is 13.1 Å². The molecular formula is C16H24N2. The second-order valence-corrected chi connectivity index (χ2v) is 4.47. The quantitative estimate of drug-likeness (QED) is 0.631. The normalized spacial score (nSPS) is 9.00. The van der Waals surface area contributed by atoms with Crippen LogP contribution in [0.25, 0.3) is 0 Å². The van der Waals surface area contributed by atoms with Gasteiger partial charge in [0.2, 0.25) is 0 Å². The number of nitrogens with zero attached hydrogens (tertiary/aromatic N) is 1. The van der Waals surface area contributed by atoms with Crippen molar-refractivity contribution in [3.8, 4) is 6.07 Å². The Morgan fingerprint density at radius 2 is 1.94 bits per heavy atom. The highest BCUT2D eigenvalue weighted by Gasteiger charge is 1.85. The molecule has 0 amide bonds. The van der Waals surface area contributed by atoms with Crippen LogP contribution in [-0.2, 0) is 0 Å². The first-order valence-electron chi connectivity index (χ1n) is 6.42. The zero-order chi connectivity index (χ0) is 13.8. The van der Waals surface area contributed by atoms with Crippen molar-refractivity contribution in [2.45, 2.75) is 33.6 Å². The molecule has 1 N–H and O–H groups in total. The topological polar surface area (TPSA) is 35.8 Å². The number of nitriles is 1. The van der Waals surface area contributed by atoms with Gasteiger partial charge in [0.15, 0.2) is 0 Å². The van der Waals surface area contributed by atoms with Gasteiger partial charge >= 0.3 is 0 Å². The van der Waals surface area contributed by atoms with Crippen molar-refractivity contribution in [3.05, 3.63) is 47.5 Å². The Morgan fingerprint density at radius 3 is 2.39 bits per heavy atom. The van der Waals surface area contributed by atoms with Gasteiger partial charge in [-0.05, 0) is 38.9 Å². The number of hydrogen-bond acceptors (Lipinski definition) is 2. The van der Waals surface area contributed by atoms with Crippen LogP contribution in [0.1, 0.15) is 37.8 Å². The molecule has 0 fully saturated rings. The van der Waals surface area contributed by atoms with Crippen molar-refractivity contribution in [1.82, 2.24) is 5.32 Å². The second-order valence-electron chi connectivity index (χ2n) is 4.47. The molecule has 0 unspecified atom stereocenters. The van der Waals surface area contributed by atoms with Gasteiger partial charge in [0.1, 0.15) is 0 Å². The third kappa shape index (κ3) is 9.62. The average molecular weight is 244 g/mol. The average Bonchev–Trinajstić information content (AvgIpc) is 2.36. The summed E-state index contributed by atoms with van der Waals surface area (Å²) >= 11 is 0. The molecule has 1 aromatic carbocycles. The monoisotopic (exact) mass is 244 g/mol. The van der Waals surface area contributed by atoms with E-state index >= 15 is 0 Å². The lowest BCUT2D eigenvalue weighted by Gasteiger charge is -2.00. The fourth-order valence-corrected chi connectivity index (χ4v) is 1.23. The van der Waals surface area contributed by atoms with Gasteiger partial charge in [-0.3, -0.25) is 0 Å². The second kappa shape index (κ2) is 10.6. The molecule has 0 saturated carbocycles. The molecular weight excluding hydrogens is 220 g/mol. The maximum atomic E-state index is 8.38. The molecule has 1 rings (SSSR count). The summed E-state index contributed by atoms with van der Waals surface area (Å²) < 4.78 is 0. The number of aryl methyl sites for hydroxylation is 1. The van der Waals surface area contributed by atoms with Crippen LogP contribution in [0.4, 0.5) is 0 Å². The summed E-state index contributed by atoms with van der Waals surface area (Å²) in [5.74, 6) is 0. The first-order valence-corrected chi connectivity index (χ1v) is 6.42. The molecule has 0 saturated heterocycles. The lowest BCUT2D eigenvalue weighted by molar-refractivity contribution is 0.672. The molecule has 0 radical (unpaired) electrons. The van der Waals surface area contributed by atoms with Gasteiger partial charge in [0, 0.05) is 6.54 Å². The summed E-state index contributed by atoms with van der Waals surface area (Å²) in [4.78, 5) is 0. The predicted octanol–water partition coefficient (Wildman–Crippen LogP) is 3.82. The van der Waals surface area contributed by atoms with Gasteiger partial charge in [0.05, 0.1) is 11.6 Å².